The maximum atomic E-state index is 12.1. The summed E-state index contributed by atoms with van der Waals surface area (Å²) < 4.78 is 10.1. The van der Waals surface area contributed by atoms with E-state index in [1.54, 1.807) is 36.4 Å². The Balaban J connectivity index is 1.95. The Morgan fingerprint density at radius 3 is 1.96 bits per heavy atom. The molecule has 0 fully saturated rings. The van der Waals surface area contributed by atoms with Crippen LogP contribution in [0.2, 0.25) is 0 Å². The van der Waals surface area contributed by atoms with Gasteiger partial charge in [0.1, 0.15) is 5.75 Å². The van der Waals surface area contributed by atoms with E-state index in [9.17, 15) is 14.4 Å². The molecule has 0 unspecified atom stereocenters. The minimum atomic E-state index is -0.554. The number of hydrogen-bond donors (Lipinski definition) is 1. The molecule has 0 heterocycles. The predicted octanol–water partition coefficient (Wildman–Crippen LogP) is 3.74. The molecular formula is C22H25NO5. The topological polar surface area (TPSA) is 81.7 Å². The standard InChI is InChI=1S/C22H25NO5/c1-5-22(3,4)23-20(25)14-27-21(26)18-8-6-16(7-9-18)17-10-12-19(13-11-17)28-15(2)24/h6-13H,5,14H2,1-4H3,(H,23,25). The van der Waals surface area contributed by atoms with Gasteiger partial charge in [-0.2, -0.15) is 0 Å². The number of carbonyl (C=O) groups excluding carboxylic acids is 3. The maximum Gasteiger partial charge on any atom is 0.338 e. The van der Waals surface area contributed by atoms with Gasteiger partial charge in [-0.3, -0.25) is 9.59 Å². The van der Waals surface area contributed by atoms with Crippen molar-refractivity contribution in [3.8, 4) is 16.9 Å². The summed E-state index contributed by atoms with van der Waals surface area (Å²) in [6.45, 7) is 6.81. The zero-order valence-electron chi connectivity index (χ0n) is 16.6. The molecule has 6 heteroatoms. The summed E-state index contributed by atoms with van der Waals surface area (Å²) in [6, 6.07) is 13.9. The van der Waals surface area contributed by atoms with Gasteiger partial charge >= 0.3 is 11.9 Å². The van der Waals surface area contributed by atoms with Crippen molar-refractivity contribution in [3.05, 3.63) is 54.1 Å². The second-order valence-corrected chi connectivity index (χ2v) is 7.06. The minimum absolute atomic E-state index is 0.318. The summed E-state index contributed by atoms with van der Waals surface area (Å²) in [5.74, 6) is -0.783. The van der Waals surface area contributed by atoms with Gasteiger partial charge in [0, 0.05) is 12.5 Å². The first-order valence-corrected chi connectivity index (χ1v) is 9.07. The second-order valence-electron chi connectivity index (χ2n) is 7.06. The van der Waals surface area contributed by atoms with E-state index < -0.39 is 5.97 Å². The Morgan fingerprint density at radius 1 is 0.929 bits per heavy atom. The van der Waals surface area contributed by atoms with Crippen LogP contribution in [0.5, 0.6) is 5.75 Å². The lowest BCUT2D eigenvalue weighted by molar-refractivity contribution is -0.132. The van der Waals surface area contributed by atoms with Crippen LogP contribution < -0.4 is 10.1 Å². The van der Waals surface area contributed by atoms with Crippen molar-refractivity contribution in [3.63, 3.8) is 0 Å². The molecule has 0 saturated carbocycles. The van der Waals surface area contributed by atoms with Crippen molar-refractivity contribution in [1.82, 2.24) is 5.32 Å². The van der Waals surface area contributed by atoms with Crippen LogP contribution in [0.25, 0.3) is 11.1 Å². The van der Waals surface area contributed by atoms with E-state index in [2.05, 4.69) is 5.32 Å². The Bertz CT molecular complexity index is 838. The largest absolute Gasteiger partial charge is 0.452 e. The summed E-state index contributed by atoms with van der Waals surface area (Å²) in [5, 5.41) is 2.81. The van der Waals surface area contributed by atoms with Crippen LogP contribution in [0.3, 0.4) is 0 Å². The summed E-state index contributed by atoms with van der Waals surface area (Å²) in [6.07, 6.45) is 0.774. The first-order chi connectivity index (χ1) is 13.2. The summed E-state index contributed by atoms with van der Waals surface area (Å²) in [7, 11) is 0. The molecule has 0 radical (unpaired) electrons. The second kappa shape index (κ2) is 9.17. The minimum Gasteiger partial charge on any atom is -0.452 e. The third-order valence-corrected chi connectivity index (χ3v) is 4.27. The van der Waals surface area contributed by atoms with Gasteiger partial charge in [-0.1, -0.05) is 31.2 Å². The van der Waals surface area contributed by atoms with Gasteiger partial charge in [-0.15, -0.1) is 0 Å². The maximum absolute atomic E-state index is 12.1. The molecule has 1 amide bonds. The van der Waals surface area contributed by atoms with Gasteiger partial charge in [-0.05, 0) is 55.7 Å². The van der Waals surface area contributed by atoms with Gasteiger partial charge in [-0.25, -0.2) is 4.79 Å². The molecule has 0 spiro atoms. The number of benzene rings is 2. The molecule has 28 heavy (non-hydrogen) atoms. The van der Waals surface area contributed by atoms with Gasteiger partial charge in [0.2, 0.25) is 0 Å². The van der Waals surface area contributed by atoms with Crippen molar-refractivity contribution in [1.29, 1.82) is 0 Å². The highest BCUT2D eigenvalue weighted by Gasteiger charge is 2.19. The Hall–Kier alpha value is -3.15. The molecule has 1 N–H and O–H groups in total. The fraction of sp³-hybridized carbons (Fsp3) is 0.318. The van der Waals surface area contributed by atoms with Crippen LogP contribution in [-0.4, -0.2) is 30.0 Å². The van der Waals surface area contributed by atoms with Gasteiger partial charge in [0.25, 0.3) is 5.91 Å². The molecule has 0 aromatic heterocycles. The highest BCUT2D eigenvalue weighted by molar-refractivity contribution is 5.92. The summed E-state index contributed by atoms with van der Waals surface area (Å²) in [5.41, 5.74) is 1.84. The van der Waals surface area contributed by atoms with Crippen LogP contribution in [-0.2, 0) is 14.3 Å². The lowest BCUT2D eigenvalue weighted by atomic mass is 10.0. The first-order valence-electron chi connectivity index (χ1n) is 9.07. The average molecular weight is 383 g/mol. The van der Waals surface area contributed by atoms with Crippen LogP contribution in [0.1, 0.15) is 44.5 Å². The molecule has 2 aromatic rings. The molecular weight excluding hydrogens is 358 g/mol. The summed E-state index contributed by atoms with van der Waals surface area (Å²) >= 11 is 0. The van der Waals surface area contributed by atoms with Gasteiger partial charge in [0.15, 0.2) is 6.61 Å². The smallest absolute Gasteiger partial charge is 0.338 e. The Morgan fingerprint density at radius 2 is 1.46 bits per heavy atom. The zero-order valence-corrected chi connectivity index (χ0v) is 16.6. The highest BCUT2D eigenvalue weighted by Crippen LogP contribution is 2.23. The first kappa shape index (κ1) is 21.2. The number of esters is 2. The van der Waals surface area contributed by atoms with E-state index >= 15 is 0 Å². The van der Waals surface area contributed by atoms with Gasteiger partial charge < -0.3 is 14.8 Å². The Kier molecular flexibility index (Phi) is 6.93. The molecule has 2 rings (SSSR count). The number of ether oxygens (including phenoxy) is 2. The number of carbonyl (C=O) groups is 3. The number of amides is 1. The van der Waals surface area contributed by atoms with E-state index in [0.29, 0.717) is 11.3 Å². The van der Waals surface area contributed by atoms with E-state index in [4.69, 9.17) is 9.47 Å². The molecule has 0 aliphatic heterocycles. The quantitative estimate of drug-likeness (QED) is 0.582. The SMILES string of the molecule is CCC(C)(C)NC(=O)COC(=O)c1ccc(-c2ccc(OC(C)=O)cc2)cc1. The molecule has 148 valence electrons. The van der Waals surface area contributed by atoms with Crippen molar-refractivity contribution in [2.24, 2.45) is 0 Å². The van der Waals surface area contributed by atoms with Crippen LogP contribution in [0.15, 0.2) is 48.5 Å². The highest BCUT2D eigenvalue weighted by atomic mass is 16.5. The number of hydrogen-bond acceptors (Lipinski definition) is 5. The van der Waals surface area contributed by atoms with Crippen molar-refractivity contribution in [2.45, 2.75) is 39.7 Å². The molecule has 0 aliphatic rings. The lowest BCUT2D eigenvalue weighted by Gasteiger charge is -2.24. The zero-order chi connectivity index (χ0) is 20.7. The lowest BCUT2D eigenvalue weighted by Crippen LogP contribution is -2.44. The van der Waals surface area contributed by atoms with E-state index in [0.717, 1.165) is 17.5 Å². The molecule has 0 atom stereocenters. The van der Waals surface area contributed by atoms with E-state index in [1.807, 2.05) is 32.9 Å². The summed E-state index contributed by atoms with van der Waals surface area (Å²) in [4.78, 5) is 35.0. The van der Waals surface area contributed by atoms with Crippen LogP contribution >= 0.6 is 0 Å². The Labute approximate surface area is 164 Å². The fourth-order valence-electron chi connectivity index (χ4n) is 2.40. The predicted molar refractivity (Wildman–Crippen MR) is 106 cm³/mol. The molecule has 0 bridgehead atoms. The fourth-order valence-corrected chi connectivity index (χ4v) is 2.40. The molecule has 0 saturated heterocycles. The molecule has 0 aliphatic carbocycles. The van der Waals surface area contributed by atoms with E-state index in [-0.39, 0.29) is 24.0 Å². The normalized spacial score (nSPS) is 10.9. The van der Waals surface area contributed by atoms with Crippen molar-refractivity contribution < 1.29 is 23.9 Å². The monoisotopic (exact) mass is 383 g/mol. The van der Waals surface area contributed by atoms with Crippen molar-refractivity contribution in [2.75, 3.05) is 6.61 Å². The van der Waals surface area contributed by atoms with Gasteiger partial charge in [0.05, 0.1) is 5.56 Å². The average Bonchev–Trinajstić information content (AvgIpc) is 2.66. The number of nitrogens with one attached hydrogen (secondary N) is 1. The molecule has 2 aromatic carbocycles. The third kappa shape index (κ3) is 6.23. The molecule has 6 nitrogen and oxygen atoms in total. The third-order valence-electron chi connectivity index (χ3n) is 4.27. The van der Waals surface area contributed by atoms with Crippen molar-refractivity contribution >= 4 is 17.8 Å². The number of rotatable bonds is 7. The van der Waals surface area contributed by atoms with Crippen LogP contribution in [0, 0.1) is 0 Å². The van der Waals surface area contributed by atoms with E-state index in [1.165, 1.54) is 6.92 Å². The van der Waals surface area contributed by atoms with Crippen LogP contribution in [0.4, 0.5) is 0 Å².